The van der Waals surface area contributed by atoms with Gasteiger partial charge in [0, 0.05) is 25.8 Å². The second-order valence-corrected chi connectivity index (χ2v) is 4.96. The highest BCUT2D eigenvalue weighted by molar-refractivity contribution is 5.98. The molecule has 0 aromatic carbocycles. The average Bonchev–Trinajstić information content (AvgIpc) is 2.42. The van der Waals surface area contributed by atoms with Crippen molar-refractivity contribution in [2.45, 2.75) is 20.3 Å². The third kappa shape index (κ3) is 5.74. The first-order valence-corrected chi connectivity index (χ1v) is 6.67. The lowest BCUT2D eigenvalue weighted by Gasteiger charge is -2.08. The van der Waals surface area contributed by atoms with Crippen LogP contribution in [-0.2, 0) is 4.74 Å². The van der Waals surface area contributed by atoms with Gasteiger partial charge in [0.2, 0.25) is 0 Å². The van der Waals surface area contributed by atoms with Gasteiger partial charge in [-0.25, -0.2) is 4.98 Å². The van der Waals surface area contributed by atoms with E-state index in [9.17, 15) is 14.9 Å². The first-order chi connectivity index (χ1) is 9.91. The summed E-state index contributed by atoms with van der Waals surface area (Å²) in [5, 5.41) is 13.3. The molecule has 8 heteroatoms. The molecule has 3 N–H and O–H groups in total. The van der Waals surface area contributed by atoms with Crippen molar-refractivity contribution in [3.05, 3.63) is 27.9 Å². The van der Waals surface area contributed by atoms with E-state index in [-0.39, 0.29) is 17.1 Å². The summed E-state index contributed by atoms with van der Waals surface area (Å²) in [4.78, 5) is 25.6. The number of hydrogen-bond donors (Lipinski definition) is 2. The lowest BCUT2D eigenvalue weighted by molar-refractivity contribution is -0.385. The van der Waals surface area contributed by atoms with Crippen molar-refractivity contribution in [2.24, 2.45) is 5.92 Å². The molecule has 0 aliphatic carbocycles. The molecule has 1 amide bonds. The zero-order valence-corrected chi connectivity index (χ0v) is 12.2. The number of rotatable bonds is 8. The molecule has 21 heavy (non-hydrogen) atoms. The summed E-state index contributed by atoms with van der Waals surface area (Å²) >= 11 is 0. The first kappa shape index (κ1) is 16.8. The van der Waals surface area contributed by atoms with Gasteiger partial charge in [-0.15, -0.1) is 0 Å². The van der Waals surface area contributed by atoms with E-state index in [1.807, 2.05) is 0 Å². The highest BCUT2D eigenvalue weighted by Crippen LogP contribution is 2.16. The molecule has 1 aromatic rings. The van der Waals surface area contributed by atoms with Gasteiger partial charge in [-0.1, -0.05) is 13.8 Å². The van der Waals surface area contributed by atoms with Crippen LogP contribution in [-0.4, -0.2) is 35.6 Å². The van der Waals surface area contributed by atoms with Crippen molar-refractivity contribution >= 4 is 17.4 Å². The first-order valence-electron chi connectivity index (χ1n) is 6.67. The Morgan fingerprint density at radius 3 is 2.90 bits per heavy atom. The minimum Gasteiger partial charge on any atom is -0.383 e. The molecule has 1 heterocycles. The van der Waals surface area contributed by atoms with Crippen molar-refractivity contribution in [3.8, 4) is 0 Å². The summed E-state index contributed by atoms with van der Waals surface area (Å²) in [5.74, 6) is -0.0444. The zero-order chi connectivity index (χ0) is 15.8. The van der Waals surface area contributed by atoms with Crippen LogP contribution in [0.15, 0.2) is 12.3 Å². The average molecular weight is 296 g/mol. The van der Waals surface area contributed by atoms with Crippen LogP contribution in [0.25, 0.3) is 0 Å². The number of pyridine rings is 1. The molecule has 8 nitrogen and oxygen atoms in total. The molecule has 0 saturated carbocycles. The number of amides is 1. The topological polar surface area (TPSA) is 120 Å². The molecular weight excluding hydrogens is 276 g/mol. The largest absolute Gasteiger partial charge is 0.383 e. The minimum absolute atomic E-state index is 0.00676. The Kier molecular flexibility index (Phi) is 6.54. The van der Waals surface area contributed by atoms with E-state index in [0.717, 1.165) is 12.3 Å². The summed E-state index contributed by atoms with van der Waals surface area (Å²) in [6, 6.07) is 1.12. The predicted molar refractivity (Wildman–Crippen MR) is 77.9 cm³/mol. The lowest BCUT2D eigenvalue weighted by atomic mass is 10.2. The Labute approximate surface area is 122 Å². The standard InChI is InChI=1S/C13H20N4O4/c1-9(2)8-21-5-3-4-15-13(18)11-6-10(17(19)20)7-16-12(11)14/h6-7,9H,3-5,8H2,1-2H3,(H2,14,16)(H,15,18). The number of nitrogen functional groups attached to an aromatic ring is 1. The molecule has 0 fully saturated rings. The maximum atomic E-state index is 11.9. The highest BCUT2D eigenvalue weighted by Gasteiger charge is 2.16. The number of aromatic nitrogens is 1. The van der Waals surface area contributed by atoms with Gasteiger partial charge < -0.3 is 15.8 Å². The summed E-state index contributed by atoms with van der Waals surface area (Å²) < 4.78 is 5.38. The van der Waals surface area contributed by atoms with E-state index in [1.54, 1.807) is 0 Å². The van der Waals surface area contributed by atoms with Crippen molar-refractivity contribution in [1.29, 1.82) is 0 Å². The molecule has 0 aliphatic heterocycles. The maximum Gasteiger partial charge on any atom is 0.288 e. The van der Waals surface area contributed by atoms with E-state index in [4.69, 9.17) is 10.5 Å². The van der Waals surface area contributed by atoms with Crippen LogP contribution in [0.5, 0.6) is 0 Å². The van der Waals surface area contributed by atoms with Crippen LogP contribution in [0.4, 0.5) is 11.5 Å². The van der Waals surface area contributed by atoms with Gasteiger partial charge in [0.15, 0.2) is 0 Å². The molecule has 0 unspecified atom stereocenters. The number of nitrogens with two attached hydrogens (primary N) is 1. The second kappa shape index (κ2) is 8.15. The van der Waals surface area contributed by atoms with E-state index in [0.29, 0.717) is 32.1 Å². The van der Waals surface area contributed by atoms with E-state index >= 15 is 0 Å². The van der Waals surface area contributed by atoms with Crippen LogP contribution in [0, 0.1) is 16.0 Å². The van der Waals surface area contributed by atoms with Crippen LogP contribution < -0.4 is 11.1 Å². The molecule has 0 radical (unpaired) electrons. The van der Waals surface area contributed by atoms with Gasteiger partial charge >= 0.3 is 0 Å². The fourth-order valence-electron chi connectivity index (χ4n) is 1.54. The third-order valence-corrected chi connectivity index (χ3v) is 2.56. The van der Waals surface area contributed by atoms with Crippen LogP contribution in [0.3, 0.4) is 0 Å². The van der Waals surface area contributed by atoms with E-state index < -0.39 is 10.8 Å². The Balaban J connectivity index is 2.45. The highest BCUT2D eigenvalue weighted by atomic mass is 16.6. The maximum absolute atomic E-state index is 11.9. The number of carbonyl (C=O) groups excluding carboxylic acids is 1. The number of nitrogens with zero attached hydrogens (tertiary/aromatic N) is 2. The number of ether oxygens (including phenoxy) is 1. The van der Waals surface area contributed by atoms with Gasteiger partial charge in [-0.05, 0) is 12.3 Å². The molecule has 0 atom stereocenters. The van der Waals surface area contributed by atoms with Crippen molar-refractivity contribution in [2.75, 3.05) is 25.5 Å². The van der Waals surface area contributed by atoms with Crippen molar-refractivity contribution < 1.29 is 14.5 Å². The van der Waals surface area contributed by atoms with Gasteiger partial charge in [-0.3, -0.25) is 14.9 Å². The number of nitrogens with one attached hydrogen (secondary N) is 1. The fourth-order valence-corrected chi connectivity index (χ4v) is 1.54. The quantitative estimate of drug-likeness (QED) is 0.424. The molecular formula is C13H20N4O4. The Bertz CT molecular complexity index is 505. The van der Waals surface area contributed by atoms with Gasteiger partial charge in [-0.2, -0.15) is 0 Å². The molecule has 0 saturated heterocycles. The SMILES string of the molecule is CC(C)COCCCNC(=O)c1cc([N+](=O)[O-])cnc1N. The molecule has 0 bridgehead atoms. The predicted octanol–water partition coefficient (Wildman–Crippen LogP) is 1.36. The third-order valence-electron chi connectivity index (χ3n) is 2.56. The normalized spacial score (nSPS) is 10.6. The summed E-state index contributed by atoms with van der Waals surface area (Å²) in [5.41, 5.74) is 5.29. The molecule has 1 rings (SSSR count). The van der Waals surface area contributed by atoms with Gasteiger partial charge in [0.25, 0.3) is 11.6 Å². The zero-order valence-electron chi connectivity index (χ0n) is 12.2. The molecule has 1 aromatic heterocycles. The number of nitro groups is 1. The lowest BCUT2D eigenvalue weighted by Crippen LogP contribution is -2.26. The molecule has 116 valence electrons. The van der Waals surface area contributed by atoms with E-state index in [2.05, 4.69) is 24.1 Å². The number of carbonyl (C=O) groups is 1. The van der Waals surface area contributed by atoms with Gasteiger partial charge in [0.05, 0.1) is 10.5 Å². The molecule has 0 aliphatic rings. The van der Waals surface area contributed by atoms with Crippen LogP contribution in [0.2, 0.25) is 0 Å². The second-order valence-electron chi connectivity index (χ2n) is 4.96. The van der Waals surface area contributed by atoms with Gasteiger partial charge in [0.1, 0.15) is 12.0 Å². The van der Waals surface area contributed by atoms with Crippen LogP contribution in [0.1, 0.15) is 30.6 Å². The Morgan fingerprint density at radius 1 is 1.57 bits per heavy atom. The summed E-state index contributed by atoms with van der Waals surface area (Å²) in [6.45, 7) is 5.73. The minimum atomic E-state index is -0.622. The summed E-state index contributed by atoms with van der Waals surface area (Å²) in [7, 11) is 0. The molecule has 0 spiro atoms. The number of hydrogen-bond acceptors (Lipinski definition) is 6. The Hall–Kier alpha value is -2.22. The summed E-state index contributed by atoms with van der Waals surface area (Å²) in [6.07, 6.45) is 1.67. The Morgan fingerprint density at radius 2 is 2.29 bits per heavy atom. The van der Waals surface area contributed by atoms with Crippen molar-refractivity contribution in [1.82, 2.24) is 10.3 Å². The smallest absolute Gasteiger partial charge is 0.288 e. The van der Waals surface area contributed by atoms with E-state index in [1.165, 1.54) is 0 Å². The van der Waals surface area contributed by atoms with Crippen molar-refractivity contribution in [3.63, 3.8) is 0 Å². The fraction of sp³-hybridized carbons (Fsp3) is 0.538. The van der Waals surface area contributed by atoms with Crippen LogP contribution >= 0.6 is 0 Å². The monoisotopic (exact) mass is 296 g/mol. The number of anilines is 1.